The van der Waals surface area contributed by atoms with Crippen molar-refractivity contribution in [1.29, 1.82) is 0 Å². The normalized spacial score (nSPS) is 10.4. The van der Waals surface area contributed by atoms with E-state index in [1.54, 1.807) is 22.9 Å². The van der Waals surface area contributed by atoms with Crippen molar-refractivity contribution in [2.75, 3.05) is 11.9 Å². The molecule has 0 atom stereocenters. The van der Waals surface area contributed by atoms with E-state index in [-0.39, 0.29) is 11.5 Å². The molecule has 0 bridgehead atoms. The summed E-state index contributed by atoms with van der Waals surface area (Å²) in [7, 11) is 1.85. The highest BCUT2D eigenvalue weighted by atomic mass is 32.1. The van der Waals surface area contributed by atoms with Crippen molar-refractivity contribution in [2.45, 2.75) is 20.4 Å². The molecule has 6 nitrogen and oxygen atoms in total. The van der Waals surface area contributed by atoms with E-state index in [9.17, 15) is 14.9 Å². The second-order valence-electron chi connectivity index (χ2n) is 4.73. The number of ketones is 1. The lowest BCUT2D eigenvalue weighted by molar-refractivity contribution is -0.384. The van der Waals surface area contributed by atoms with Gasteiger partial charge < -0.3 is 4.90 Å². The molecule has 21 heavy (non-hydrogen) atoms. The highest BCUT2D eigenvalue weighted by Crippen LogP contribution is 2.27. The molecule has 0 radical (unpaired) electrons. The van der Waals surface area contributed by atoms with Crippen molar-refractivity contribution in [3.63, 3.8) is 0 Å². The van der Waals surface area contributed by atoms with Crippen molar-refractivity contribution in [2.24, 2.45) is 0 Å². The maximum absolute atomic E-state index is 11.8. The zero-order valence-corrected chi connectivity index (χ0v) is 12.8. The lowest BCUT2D eigenvalue weighted by Crippen LogP contribution is -2.19. The standard InChI is InChI=1S/C14H15N3O3S/c1-9-14(21-8-15-9)7-16(3)13-5-4-11(17(19)20)6-12(13)10(2)18/h4-6,8H,7H2,1-3H3. The average molecular weight is 305 g/mol. The Balaban J connectivity index is 2.36. The summed E-state index contributed by atoms with van der Waals surface area (Å²) in [6, 6.07) is 4.36. The molecule has 110 valence electrons. The van der Waals surface area contributed by atoms with Gasteiger partial charge in [0, 0.05) is 35.3 Å². The Morgan fingerprint density at radius 2 is 2.19 bits per heavy atom. The fourth-order valence-corrected chi connectivity index (χ4v) is 2.86. The molecule has 0 aliphatic carbocycles. The van der Waals surface area contributed by atoms with E-state index in [4.69, 9.17) is 0 Å². The molecule has 0 amide bonds. The third kappa shape index (κ3) is 3.25. The molecular formula is C14H15N3O3S. The van der Waals surface area contributed by atoms with Crippen molar-refractivity contribution in [3.05, 3.63) is 50.0 Å². The van der Waals surface area contributed by atoms with E-state index in [1.165, 1.54) is 19.1 Å². The first-order valence-electron chi connectivity index (χ1n) is 6.29. The Kier molecular flexibility index (Phi) is 4.32. The van der Waals surface area contributed by atoms with E-state index in [0.717, 1.165) is 10.6 Å². The molecule has 0 saturated carbocycles. The molecule has 0 unspecified atom stereocenters. The van der Waals surface area contributed by atoms with Crippen molar-refractivity contribution >= 4 is 28.5 Å². The minimum absolute atomic E-state index is 0.0775. The number of nitrogens with zero attached hydrogens (tertiary/aromatic N) is 3. The summed E-state index contributed by atoms with van der Waals surface area (Å²) in [6.07, 6.45) is 0. The predicted octanol–water partition coefficient (Wildman–Crippen LogP) is 3.20. The third-order valence-corrected chi connectivity index (χ3v) is 4.13. The number of anilines is 1. The Morgan fingerprint density at radius 3 is 2.71 bits per heavy atom. The number of rotatable bonds is 5. The van der Waals surface area contributed by atoms with E-state index in [0.29, 0.717) is 17.8 Å². The van der Waals surface area contributed by atoms with Gasteiger partial charge in [-0.15, -0.1) is 11.3 Å². The van der Waals surface area contributed by atoms with Crippen LogP contribution in [0.4, 0.5) is 11.4 Å². The highest BCUT2D eigenvalue weighted by molar-refractivity contribution is 7.09. The number of Topliss-reactive ketones (excluding diaryl/α,β-unsaturated/α-hetero) is 1. The van der Waals surface area contributed by atoms with Crippen LogP contribution in [0.1, 0.15) is 27.9 Å². The summed E-state index contributed by atoms with van der Waals surface area (Å²) in [5, 5.41) is 10.8. The summed E-state index contributed by atoms with van der Waals surface area (Å²) in [6.45, 7) is 3.95. The number of aryl methyl sites for hydroxylation is 1. The SMILES string of the molecule is CC(=O)c1cc([N+](=O)[O-])ccc1N(C)Cc1scnc1C. The number of nitro benzene ring substituents is 1. The molecule has 1 aromatic heterocycles. The number of nitro groups is 1. The molecule has 0 aliphatic rings. The van der Waals surface area contributed by atoms with Gasteiger partial charge in [0.15, 0.2) is 5.78 Å². The van der Waals surface area contributed by atoms with E-state index in [1.807, 2.05) is 18.9 Å². The van der Waals surface area contributed by atoms with Crippen molar-refractivity contribution in [3.8, 4) is 0 Å². The monoisotopic (exact) mass is 305 g/mol. The first kappa shape index (κ1) is 15.1. The Hall–Kier alpha value is -2.28. The van der Waals surface area contributed by atoms with E-state index in [2.05, 4.69) is 4.98 Å². The van der Waals surface area contributed by atoms with Gasteiger partial charge in [0.05, 0.1) is 22.7 Å². The molecule has 1 heterocycles. The maximum Gasteiger partial charge on any atom is 0.270 e. The van der Waals surface area contributed by atoms with Crippen LogP contribution >= 0.6 is 11.3 Å². The van der Waals surface area contributed by atoms with Gasteiger partial charge in [-0.2, -0.15) is 0 Å². The summed E-state index contributed by atoms with van der Waals surface area (Å²) < 4.78 is 0. The lowest BCUT2D eigenvalue weighted by Gasteiger charge is -2.21. The van der Waals surface area contributed by atoms with Crippen LogP contribution in [0, 0.1) is 17.0 Å². The Bertz CT molecular complexity index is 697. The second kappa shape index (κ2) is 6.01. The van der Waals surface area contributed by atoms with Gasteiger partial charge in [-0.05, 0) is 19.9 Å². The topological polar surface area (TPSA) is 76.3 Å². The van der Waals surface area contributed by atoms with Gasteiger partial charge in [-0.25, -0.2) is 4.98 Å². The minimum atomic E-state index is -0.496. The van der Waals surface area contributed by atoms with Crippen LogP contribution in [0.25, 0.3) is 0 Å². The number of hydrogen-bond acceptors (Lipinski definition) is 6. The van der Waals surface area contributed by atoms with Crippen LogP contribution in [-0.4, -0.2) is 22.7 Å². The first-order valence-corrected chi connectivity index (χ1v) is 7.17. The smallest absolute Gasteiger partial charge is 0.270 e. The zero-order chi connectivity index (χ0) is 15.6. The van der Waals surface area contributed by atoms with Crippen LogP contribution in [-0.2, 0) is 6.54 Å². The Morgan fingerprint density at radius 1 is 1.48 bits per heavy atom. The van der Waals surface area contributed by atoms with Crippen molar-refractivity contribution in [1.82, 2.24) is 4.98 Å². The van der Waals surface area contributed by atoms with Crippen LogP contribution in [0.15, 0.2) is 23.7 Å². The van der Waals surface area contributed by atoms with Crippen molar-refractivity contribution < 1.29 is 9.72 Å². The van der Waals surface area contributed by atoms with Gasteiger partial charge in [-0.1, -0.05) is 0 Å². The first-order chi connectivity index (χ1) is 9.90. The number of thiazole rings is 1. The number of hydrogen-bond donors (Lipinski definition) is 0. The zero-order valence-electron chi connectivity index (χ0n) is 12.0. The number of aromatic nitrogens is 1. The molecule has 0 spiro atoms. The molecule has 0 saturated heterocycles. The predicted molar refractivity (Wildman–Crippen MR) is 82.1 cm³/mol. The molecule has 2 rings (SSSR count). The fourth-order valence-electron chi connectivity index (χ4n) is 2.03. The number of carbonyl (C=O) groups is 1. The number of carbonyl (C=O) groups excluding carboxylic acids is 1. The largest absolute Gasteiger partial charge is 0.369 e. The third-order valence-electron chi connectivity index (χ3n) is 3.21. The summed E-state index contributed by atoms with van der Waals surface area (Å²) in [5.74, 6) is -0.193. The molecule has 2 aromatic rings. The minimum Gasteiger partial charge on any atom is -0.369 e. The summed E-state index contributed by atoms with van der Waals surface area (Å²) in [4.78, 5) is 29.3. The Labute approximate surface area is 126 Å². The summed E-state index contributed by atoms with van der Waals surface area (Å²) in [5.41, 5.74) is 3.69. The van der Waals surface area contributed by atoms with Gasteiger partial charge >= 0.3 is 0 Å². The van der Waals surface area contributed by atoms with Gasteiger partial charge in [0.1, 0.15) is 0 Å². The number of non-ortho nitro benzene ring substituents is 1. The number of benzene rings is 1. The van der Waals surface area contributed by atoms with Gasteiger partial charge in [0.25, 0.3) is 5.69 Å². The maximum atomic E-state index is 11.8. The van der Waals surface area contributed by atoms with Crippen LogP contribution in [0.2, 0.25) is 0 Å². The van der Waals surface area contributed by atoms with E-state index < -0.39 is 4.92 Å². The highest BCUT2D eigenvalue weighted by Gasteiger charge is 2.17. The molecule has 0 fully saturated rings. The second-order valence-corrected chi connectivity index (χ2v) is 5.67. The van der Waals surface area contributed by atoms with Gasteiger partial charge in [0.2, 0.25) is 0 Å². The molecular weight excluding hydrogens is 290 g/mol. The van der Waals surface area contributed by atoms with Gasteiger partial charge in [-0.3, -0.25) is 14.9 Å². The van der Waals surface area contributed by atoms with Crippen LogP contribution < -0.4 is 4.90 Å². The molecule has 0 N–H and O–H groups in total. The van der Waals surface area contributed by atoms with Crippen LogP contribution in [0.3, 0.4) is 0 Å². The van der Waals surface area contributed by atoms with E-state index >= 15 is 0 Å². The fraction of sp³-hybridized carbons (Fsp3) is 0.286. The average Bonchev–Trinajstić information content (AvgIpc) is 2.83. The lowest BCUT2D eigenvalue weighted by atomic mass is 10.1. The summed E-state index contributed by atoms with van der Waals surface area (Å²) >= 11 is 1.55. The quantitative estimate of drug-likeness (QED) is 0.481. The van der Waals surface area contributed by atoms with Crippen LogP contribution in [0.5, 0.6) is 0 Å². The molecule has 1 aromatic carbocycles. The molecule has 7 heteroatoms. The molecule has 0 aliphatic heterocycles.